The maximum absolute atomic E-state index is 11.8. The molecule has 0 saturated heterocycles. The molecule has 0 fully saturated rings. The number of H-pyrrole nitrogens is 1. The van der Waals surface area contributed by atoms with Crippen LogP contribution in [0.3, 0.4) is 0 Å². The number of anilines is 1. The number of nitrogens with zero attached hydrogens (tertiary/aromatic N) is 2. The SMILES string of the molecule is CC(C)(NS(C)(=O)=O)c1ccc2[nH]c3c(c2c1)-c1nc(N)ncc1CCC3. The summed E-state index contributed by atoms with van der Waals surface area (Å²) in [6.07, 6.45) is 5.81. The predicted octanol–water partition coefficient (Wildman–Crippen LogP) is 2.48. The molecule has 1 aliphatic rings. The van der Waals surface area contributed by atoms with Gasteiger partial charge in [0.25, 0.3) is 0 Å². The zero-order valence-corrected chi connectivity index (χ0v) is 16.4. The lowest BCUT2D eigenvalue weighted by molar-refractivity contribution is 0.475. The fraction of sp³-hybridized carbons (Fsp3) is 0.368. The van der Waals surface area contributed by atoms with E-state index in [1.54, 1.807) is 0 Å². The molecule has 0 atom stereocenters. The van der Waals surface area contributed by atoms with Crippen LogP contribution < -0.4 is 10.5 Å². The number of aromatic amines is 1. The number of benzene rings is 1. The van der Waals surface area contributed by atoms with E-state index in [9.17, 15) is 8.42 Å². The number of nitrogen functional groups attached to an aromatic ring is 1. The smallest absolute Gasteiger partial charge is 0.220 e. The second-order valence-electron chi connectivity index (χ2n) is 7.69. The van der Waals surface area contributed by atoms with E-state index in [0.29, 0.717) is 0 Å². The van der Waals surface area contributed by atoms with Gasteiger partial charge in [0.15, 0.2) is 0 Å². The molecule has 0 spiro atoms. The number of nitrogens with one attached hydrogen (secondary N) is 2. The molecule has 1 aromatic carbocycles. The van der Waals surface area contributed by atoms with Gasteiger partial charge in [0.2, 0.25) is 16.0 Å². The Labute approximate surface area is 158 Å². The summed E-state index contributed by atoms with van der Waals surface area (Å²) in [6, 6.07) is 5.98. The molecule has 3 aromatic rings. The Kier molecular flexibility index (Phi) is 4.01. The number of rotatable bonds is 3. The molecular formula is C19H23N5O2S. The summed E-state index contributed by atoms with van der Waals surface area (Å²) in [5, 5.41) is 1.02. The van der Waals surface area contributed by atoms with Gasteiger partial charge in [-0.15, -0.1) is 0 Å². The van der Waals surface area contributed by atoms with Gasteiger partial charge in [-0.25, -0.2) is 23.1 Å². The monoisotopic (exact) mass is 385 g/mol. The average molecular weight is 385 g/mol. The number of hydrogen-bond donors (Lipinski definition) is 3. The lowest BCUT2D eigenvalue weighted by Crippen LogP contribution is -2.40. The van der Waals surface area contributed by atoms with Crippen LogP contribution in [0.4, 0.5) is 5.95 Å². The van der Waals surface area contributed by atoms with E-state index >= 15 is 0 Å². The number of nitrogens with two attached hydrogens (primary N) is 1. The summed E-state index contributed by atoms with van der Waals surface area (Å²) in [6.45, 7) is 3.71. The molecule has 8 heteroatoms. The first-order chi connectivity index (χ1) is 12.6. The van der Waals surface area contributed by atoms with E-state index in [2.05, 4.69) is 19.7 Å². The Morgan fingerprint density at radius 2 is 2.04 bits per heavy atom. The van der Waals surface area contributed by atoms with Gasteiger partial charge in [0.1, 0.15) is 0 Å². The molecule has 7 nitrogen and oxygen atoms in total. The van der Waals surface area contributed by atoms with Crippen LogP contribution in [-0.4, -0.2) is 29.6 Å². The Morgan fingerprint density at radius 1 is 1.26 bits per heavy atom. The van der Waals surface area contributed by atoms with Gasteiger partial charge < -0.3 is 10.7 Å². The summed E-state index contributed by atoms with van der Waals surface area (Å²) in [5.41, 5.74) is 11.1. The van der Waals surface area contributed by atoms with Crippen LogP contribution in [0.15, 0.2) is 24.4 Å². The van der Waals surface area contributed by atoms with Crippen LogP contribution in [0.1, 0.15) is 37.1 Å². The topological polar surface area (TPSA) is 114 Å². The summed E-state index contributed by atoms with van der Waals surface area (Å²) in [5.74, 6) is 0.256. The first-order valence-electron chi connectivity index (χ1n) is 8.90. The summed E-state index contributed by atoms with van der Waals surface area (Å²) in [7, 11) is -3.34. The van der Waals surface area contributed by atoms with Gasteiger partial charge in [-0.1, -0.05) is 6.07 Å². The number of aromatic nitrogens is 3. The Balaban J connectivity index is 1.94. The minimum Gasteiger partial charge on any atom is -0.368 e. The third kappa shape index (κ3) is 3.30. The van der Waals surface area contributed by atoms with Crippen molar-refractivity contribution in [2.24, 2.45) is 0 Å². The van der Waals surface area contributed by atoms with Gasteiger partial charge >= 0.3 is 0 Å². The highest BCUT2D eigenvalue weighted by atomic mass is 32.2. The minimum atomic E-state index is -3.34. The van der Waals surface area contributed by atoms with Crippen molar-refractivity contribution >= 4 is 26.9 Å². The second-order valence-corrected chi connectivity index (χ2v) is 9.44. The molecule has 2 aromatic heterocycles. The average Bonchev–Trinajstić information content (AvgIpc) is 2.81. The minimum absolute atomic E-state index is 0.256. The molecule has 0 unspecified atom stereocenters. The fourth-order valence-electron chi connectivity index (χ4n) is 3.89. The third-order valence-corrected chi connectivity index (χ3v) is 5.91. The first kappa shape index (κ1) is 17.9. The maximum atomic E-state index is 11.8. The molecule has 2 heterocycles. The second kappa shape index (κ2) is 6.03. The molecule has 0 aliphatic heterocycles. The predicted molar refractivity (Wildman–Crippen MR) is 107 cm³/mol. The molecule has 4 N–H and O–H groups in total. The third-order valence-electron chi connectivity index (χ3n) is 5.03. The van der Waals surface area contributed by atoms with E-state index in [1.165, 1.54) is 6.26 Å². The van der Waals surface area contributed by atoms with Gasteiger partial charge in [0.05, 0.1) is 17.5 Å². The summed E-state index contributed by atoms with van der Waals surface area (Å²) in [4.78, 5) is 12.2. The van der Waals surface area contributed by atoms with Crippen molar-refractivity contribution in [2.45, 2.75) is 38.6 Å². The van der Waals surface area contributed by atoms with Crippen molar-refractivity contribution in [3.63, 3.8) is 0 Å². The summed E-state index contributed by atoms with van der Waals surface area (Å²) < 4.78 is 26.2. The van der Waals surface area contributed by atoms with E-state index in [1.807, 2.05) is 38.2 Å². The molecule has 0 saturated carbocycles. The van der Waals surface area contributed by atoms with Gasteiger partial charge in [-0.3, -0.25) is 0 Å². The Hall–Kier alpha value is -2.45. The van der Waals surface area contributed by atoms with Crippen molar-refractivity contribution in [2.75, 3.05) is 12.0 Å². The zero-order chi connectivity index (χ0) is 19.4. The highest BCUT2D eigenvalue weighted by Crippen LogP contribution is 2.38. The Bertz CT molecular complexity index is 1150. The molecule has 0 amide bonds. The van der Waals surface area contributed by atoms with Crippen molar-refractivity contribution < 1.29 is 8.42 Å². The normalized spacial score (nSPS) is 14.6. The van der Waals surface area contributed by atoms with Crippen LogP contribution in [0.5, 0.6) is 0 Å². The summed E-state index contributed by atoms with van der Waals surface area (Å²) >= 11 is 0. The zero-order valence-electron chi connectivity index (χ0n) is 15.6. The highest BCUT2D eigenvalue weighted by Gasteiger charge is 2.27. The van der Waals surface area contributed by atoms with E-state index < -0.39 is 15.6 Å². The van der Waals surface area contributed by atoms with Crippen LogP contribution in [0.25, 0.3) is 22.2 Å². The van der Waals surface area contributed by atoms with E-state index in [-0.39, 0.29) is 5.95 Å². The van der Waals surface area contributed by atoms with Crippen LogP contribution >= 0.6 is 0 Å². The maximum Gasteiger partial charge on any atom is 0.220 e. The van der Waals surface area contributed by atoms with Crippen molar-refractivity contribution in [1.82, 2.24) is 19.7 Å². The molecule has 0 radical (unpaired) electrons. The lowest BCUT2D eigenvalue weighted by atomic mass is 9.93. The molecular weight excluding hydrogens is 362 g/mol. The van der Waals surface area contributed by atoms with Crippen LogP contribution in [0.2, 0.25) is 0 Å². The van der Waals surface area contributed by atoms with Crippen LogP contribution in [-0.2, 0) is 28.4 Å². The number of hydrogen-bond acceptors (Lipinski definition) is 5. The first-order valence-corrected chi connectivity index (χ1v) is 10.8. The van der Waals surface area contributed by atoms with Crippen molar-refractivity contribution in [3.8, 4) is 11.3 Å². The van der Waals surface area contributed by atoms with Crippen molar-refractivity contribution in [1.29, 1.82) is 0 Å². The molecule has 0 bridgehead atoms. The fourth-order valence-corrected chi connectivity index (χ4v) is 4.94. The van der Waals surface area contributed by atoms with Gasteiger partial charge in [0, 0.05) is 28.4 Å². The molecule has 27 heavy (non-hydrogen) atoms. The molecule has 4 rings (SSSR count). The van der Waals surface area contributed by atoms with Crippen molar-refractivity contribution in [3.05, 3.63) is 41.2 Å². The van der Waals surface area contributed by atoms with Gasteiger partial charge in [-0.05, 0) is 56.4 Å². The number of sulfonamides is 1. The van der Waals surface area contributed by atoms with E-state index in [0.717, 1.165) is 58.2 Å². The Morgan fingerprint density at radius 3 is 2.78 bits per heavy atom. The largest absolute Gasteiger partial charge is 0.368 e. The quantitative estimate of drug-likeness (QED) is 0.641. The number of fused-ring (bicyclic) bond motifs is 5. The van der Waals surface area contributed by atoms with E-state index in [4.69, 9.17) is 5.73 Å². The highest BCUT2D eigenvalue weighted by molar-refractivity contribution is 7.88. The lowest BCUT2D eigenvalue weighted by Gasteiger charge is -2.25. The molecule has 142 valence electrons. The van der Waals surface area contributed by atoms with Crippen LogP contribution in [0, 0.1) is 0 Å². The van der Waals surface area contributed by atoms with Gasteiger partial charge in [-0.2, -0.15) is 0 Å². The standard InChI is InChI=1S/C19H23N5O2S/c1-19(2,24-27(3,25)26)12-7-8-14-13(9-12)16-15(22-14)6-4-5-11-10-21-18(20)23-17(11)16/h7-10,22,24H,4-6H2,1-3H3,(H2,20,21,23). The molecule has 1 aliphatic carbocycles. The number of aryl methyl sites for hydroxylation is 2.